The number of nitrogens with one attached hydrogen (secondary N) is 1. The van der Waals surface area contributed by atoms with Crippen LogP contribution in [0.5, 0.6) is 0 Å². The molecule has 0 fully saturated rings. The first-order chi connectivity index (χ1) is 14.9. The maximum absolute atomic E-state index is 13.4. The molecule has 2 aliphatic heterocycles. The highest BCUT2D eigenvalue weighted by molar-refractivity contribution is 7.81. The van der Waals surface area contributed by atoms with Crippen molar-refractivity contribution >= 4 is 41.9 Å². The topological polar surface area (TPSA) is 104 Å². The van der Waals surface area contributed by atoms with Crippen molar-refractivity contribution in [3.05, 3.63) is 65.2 Å². The van der Waals surface area contributed by atoms with Crippen molar-refractivity contribution in [1.82, 2.24) is 5.32 Å². The Labute approximate surface area is 184 Å². The highest BCUT2D eigenvalue weighted by Crippen LogP contribution is 2.36. The number of hydrogen-bond donors (Lipinski definition) is 3. The van der Waals surface area contributed by atoms with Crippen molar-refractivity contribution in [3.8, 4) is 0 Å². The van der Waals surface area contributed by atoms with Crippen LogP contribution < -0.4 is 10.2 Å². The molecule has 0 aliphatic carbocycles. The number of para-hydroxylation sites is 1. The molecule has 2 aromatic carbocycles. The van der Waals surface area contributed by atoms with E-state index < -0.39 is 40.9 Å². The van der Waals surface area contributed by atoms with Crippen molar-refractivity contribution in [2.45, 2.75) is 43.0 Å². The molecule has 160 valence electrons. The van der Waals surface area contributed by atoms with E-state index in [0.717, 1.165) is 16.0 Å². The van der Waals surface area contributed by atoms with Crippen molar-refractivity contribution in [2.24, 2.45) is 0 Å². The van der Waals surface area contributed by atoms with Crippen LogP contribution in [0, 0.1) is 0 Å². The molecule has 31 heavy (non-hydrogen) atoms. The summed E-state index contributed by atoms with van der Waals surface area (Å²) in [6.07, 6.45) is 1.15. The van der Waals surface area contributed by atoms with Gasteiger partial charge < -0.3 is 10.4 Å². The molecule has 3 atom stereocenters. The third-order valence-electron chi connectivity index (χ3n) is 5.73. The van der Waals surface area contributed by atoms with E-state index in [1.54, 1.807) is 12.1 Å². The molecule has 2 aliphatic rings. The van der Waals surface area contributed by atoms with Gasteiger partial charge in [0.25, 0.3) is 5.91 Å². The van der Waals surface area contributed by atoms with Gasteiger partial charge >= 0.3 is 5.97 Å². The first kappa shape index (κ1) is 21.1. The minimum atomic E-state index is -1.59. The van der Waals surface area contributed by atoms with Crippen LogP contribution >= 0.6 is 12.6 Å². The molecule has 0 saturated heterocycles. The minimum Gasteiger partial charge on any atom is -0.479 e. The lowest BCUT2D eigenvalue weighted by molar-refractivity contribution is -0.144. The summed E-state index contributed by atoms with van der Waals surface area (Å²) < 4.78 is 0. The Balaban J connectivity index is 1.59. The lowest BCUT2D eigenvalue weighted by Gasteiger charge is -2.35. The molecule has 2 amide bonds. The fourth-order valence-electron chi connectivity index (χ4n) is 4.26. The Bertz CT molecular complexity index is 1060. The first-order valence-electron chi connectivity index (χ1n) is 10.1. The molecular formula is C23H22N2O5S. The number of carbonyl (C=O) groups is 4. The number of aryl methyl sites for hydroxylation is 1. The van der Waals surface area contributed by atoms with E-state index in [2.05, 4.69) is 17.9 Å². The molecule has 0 aromatic heterocycles. The smallest absolute Gasteiger partial charge is 0.334 e. The Kier molecular flexibility index (Phi) is 5.82. The Morgan fingerprint density at radius 2 is 1.81 bits per heavy atom. The zero-order valence-corrected chi connectivity index (χ0v) is 17.5. The van der Waals surface area contributed by atoms with Crippen molar-refractivity contribution in [3.63, 3.8) is 0 Å². The SMILES string of the molecule is O=C(O)[C@@H]1C(=O)Cc2cccc3c2N1C(=O)[C@@H](NC(=O)[C@@H](S)Cc1ccccc1)CC3. The number of thiol groups is 1. The molecule has 7 nitrogen and oxygen atoms in total. The molecule has 8 heteroatoms. The van der Waals surface area contributed by atoms with E-state index in [0.29, 0.717) is 30.5 Å². The zero-order chi connectivity index (χ0) is 22.1. The number of aliphatic carboxylic acids is 1. The number of ketones is 1. The summed E-state index contributed by atoms with van der Waals surface area (Å²) in [6.45, 7) is 0. The van der Waals surface area contributed by atoms with Crippen molar-refractivity contribution in [2.75, 3.05) is 4.90 Å². The Morgan fingerprint density at radius 1 is 1.10 bits per heavy atom. The fourth-order valence-corrected chi connectivity index (χ4v) is 4.55. The average molecular weight is 439 g/mol. The van der Waals surface area contributed by atoms with Gasteiger partial charge in [0.05, 0.1) is 10.9 Å². The van der Waals surface area contributed by atoms with Gasteiger partial charge in [-0.3, -0.25) is 19.3 Å². The van der Waals surface area contributed by atoms with Gasteiger partial charge in [0.1, 0.15) is 6.04 Å². The first-order valence-corrected chi connectivity index (χ1v) is 10.6. The van der Waals surface area contributed by atoms with Gasteiger partial charge in [-0.25, -0.2) is 4.79 Å². The maximum Gasteiger partial charge on any atom is 0.334 e. The standard InChI is InChI=1S/C23H22N2O5S/c26-17-12-15-8-4-7-14-9-10-16(22(28)25(19(14)15)20(17)23(29)30)24-21(27)18(31)11-13-5-2-1-3-6-13/h1-8,16,18,20,31H,9-12H2,(H,24,27)(H,29,30)/t16-,18-,20-/m0/s1. The van der Waals surface area contributed by atoms with Crippen LogP contribution in [0.2, 0.25) is 0 Å². The molecular weight excluding hydrogens is 416 g/mol. The van der Waals surface area contributed by atoms with Crippen molar-refractivity contribution < 1.29 is 24.3 Å². The number of amides is 2. The second kappa shape index (κ2) is 8.55. The number of carboxylic acids is 1. The molecule has 2 aromatic rings. The lowest BCUT2D eigenvalue weighted by atomic mass is 9.91. The second-order valence-corrected chi connectivity index (χ2v) is 8.45. The molecule has 2 N–H and O–H groups in total. The molecule has 0 saturated carbocycles. The summed E-state index contributed by atoms with van der Waals surface area (Å²) in [6, 6.07) is 12.2. The van der Waals surface area contributed by atoms with Crippen LogP contribution in [-0.2, 0) is 38.4 Å². The third-order valence-corrected chi connectivity index (χ3v) is 6.15. The molecule has 0 spiro atoms. The summed E-state index contributed by atoms with van der Waals surface area (Å²) in [7, 11) is 0. The highest BCUT2D eigenvalue weighted by Gasteiger charge is 2.46. The summed E-state index contributed by atoms with van der Waals surface area (Å²) in [5.41, 5.74) is 2.86. The van der Waals surface area contributed by atoms with E-state index in [-0.39, 0.29) is 6.42 Å². The number of nitrogens with zero attached hydrogens (tertiary/aromatic N) is 1. The maximum atomic E-state index is 13.4. The van der Waals surface area contributed by atoms with Crippen LogP contribution in [-0.4, -0.2) is 46.0 Å². The average Bonchev–Trinajstić information content (AvgIpc) is 2.87. The van der Waals surface area contributed by atoms with Gasteiger partial charge in [0.2, 0.25) is 5.91 Å². The normalized spacial score (nSPS) is 21.1. The molecule has 0 unspecified atom stereocenters. The van der Waals surface area contributed by atoms with Crippen LogP contribution in [0.1, 0.15) is 23.1 Å². The van der Waals surface area contributed by atoms with Gasteiger partial charge in [0, 0.05) is 6.42 Å². The summed E-state index contributed by atoms with van der Waals surface area (Å²) in [5.74, 6) is -2.91. The Hall–Kier alpha value is -3.13. The summed E-state index contributed by atoms with van der Waals surface area (Å²) in [5, 5.41) is 11.7. The summed E-state index contributed by atoms with van der Waals surface area (Å²) in [4.78, 5) is 51.6. The third kappa shape index (κ3) is 4.07. The monoisotopic (exact) mass is 438 g/mol. The Morgan fingerprint density at radius 3 is 2.52 bits per heavy atom. The van der Waals surface area contributed by atoms with E-state index >= 15 is 0 Å². The van der Waals surface area contributed by atoms with E-state index in [1.165, 1.54) is 0 Å². The van der Waals surface area contributed by atoms with Gasteiger partial charge in [-0.05, 0) is 36.0 Å². The predicted octanol–water partition coefficient (Wildman–Crippen LogP) is 1.57. The molecule has 0 bridgehead atoms. The summed E-state index contributed by atoms with van der Waals surface area (Å²) >= 11 is 4.39. The largest absolute Gasteiger partial charge is 0.479 e. The van der Waals surface area contributed by atoms with E-state index in [1.807, 2.05) is 36.4 Å². The predicted molar refractivity (Wildman–Crippen MR) is 117 cm³/mol. The zero-order valence-electron chi connectivity index (χ0n) is 16.7. The van der Waals surface area contributed by atoms with Gasteiger partial charge in [-0.15, -0.1) is 0 Å². The number of carbonyl (C=O) groups excluding carboxylic acids is 3. The van der Waals surface area contributed by atoms with Crippen molar-refractivity contribution in [1.29, 1.82) is 0 Å². The number of anilines is 1. The number of Topliss-reactive ketones (excluding diaryl/α,β-unsaturated/α-hetero) is 1. The number of carboxylic acid groups (broad SMARTS) is 1. The van der Waals surface area contributed by atoms with Crippen LogP contribution in [0.3, 0.4) is 0 Å². The van der Waals surface area contributed by atoms with Gasteiger partial charge in [0.15, 0.2) is 11.8 Å². The fraction of sp³-hybridized carbons (Fsp3) is 0.304. The van der Waals surface area contributed by atoms with Gasteiger partial charge in [-0.2, -0.15) is 12.6 Å². The van der Waals surface area contributed by atoms with E-state index in [9.17, 15) is 24.3 Å². The van der Waals surface area contributed by atoms with Gasteiger partial charge in [-0.1, -0.05) is 48.5 Å². The number of rotatable bonds is 5. The molecule has 0 radical (unpaired) electrons. The molecule has 4 rings (SSSR count). The van der Waals surface area contributed by atoms with Crippen LogP contribution in [0.25, 0.3) is 0 Å². The number of hydrogen-bond acceptors (Lipinski definition) is 5. The van der Waals surface area contributed by atoms with Crippen LogP contribution in [0.4, 0.5) is 5.69 Å². The number of benzene rings is 2. The highest BCUT2D eigenvalue weighted by atomic mass is 32.1. The minimum absolute atomic E-state index is 0.0310. The quantitative estimate of drug-likeness (QED) is 0.486. The van der Waals surface area contributed by atoms with Crippen LogP contribution in [0.15, 0.2) is 48.5 Å². The van der Waals surface area contributed by atoms with E-state index in [4.69, 9.17) is 0 Å². The second-order valence-electron chi connectivity index (χ2n) is 7.82. The lowest BCUT2D eigenvalue weighted by Crippen LogP contribution is -2.59. The molecule has 2 heterocycles.